The lowest BCUT2D eigenvalue weighted by Crippen LogP contribution is -2.32. The van der Waals surface area contributed by atoms with Crippen molar-refractivity contribution < 1.29 is 28.5 Å². The van der Waals surface area contributed by atoms with Gasteiger partial charge in [-0.05, 0) is 24.3 Å². The number of hydrogen-bond donors (Lipinski definition) is 2. The van der Waals surface area contributed by atoms with Crippen molar-refractivity contribution >= 4 is 23.7 Å². The number of nitrogens with zero attached hydrogens (tertiary/aromatic N) is 1. The van der Waals surface area contributed by atoms with E-state index < -0.39 is 11.8 Å². The van der Waals surface area contributed by atoms with E-state index in [4.69, 9.17) is 18.9 Å². The van der Waals surface area contributed by atoms with Crippen LogP contribution in [0.15, 0.2) is 41.5 Å². The lowest BCUT2D eigenvalue weighted by Gasteiger charge is -2.11. The number of carbonyl (C=O) groups excluding carboxylic acids is 2. The van der Waals surface area contributed by atoms with E-state index >= 15 is 0 Å². The van der Waals surface area contributed by atoms with Gasteiger partial charge in [0.05, 0.1) is 40.3 Å². The molecule has 2 aromatic carbocycles. The number of benzene rings is 2. The number of para-hydroxylation sites is 1. The van der Waals surface area contributed by atoms with E-state index in [2.05, 4.69) is 15.8 Å². The van der Waals surface area contributed by atoms with E-state index in [0.717, 1.165) is 0 Å². The molecule has 0 fully saturated rings. The highest BCUT2D eigenvalue weighted by Crippen LogP contribution is 2.30. The Morgan fingerprint density at radius 2 is 1.64 bits per heavy atom. The molecule has 0 saturated heterocycles. The highest BCUT2D eigenvalue weighted by atomic mass is 16.5. The molecule has 2 N–H and O–H groups in total. The van der Waals surface area contributed by atoms with Crippen LogP contribution in [0.5, 0.6) is 23.0 Å². The Morgan fingerprint density at radius 1 is 0.893 bits per heavy atom. The number of methoxy groups -OCH3 is 4. The predicted molar refractivity (Wildman–Crippen MR) is 103 cm³/mol. The topological polar surface area (TPSA) is 107 Å². The summed E-state index contributed by atoms with van der Waals surface area (Å²) in [5.41, 5.74) is 3.01. The molecule has 9 nitrogen and oxygen atoms in total. The van der Waals surface area contributed by atoms with Gasteiger partial charge < -0.3 is 24.3 Å². The standard InChI is InChI=1S/C19H21N3O6/c1-25-13-8-9-15(26-2)14(10-13)21-18(23)19(24)22-20-11-12-6-5-7-16(27-3)17(12)28-4/h5-11H,1-4H3,(H,21,23)(H,22,24)/b20-11-. The highest BCUT2D eigenvalue weighted by Gasteiger charge is 2.16. The van der Waals surface area contributed by atoms with Gasteiger partial charge in [0.1, 0.15) is 11.5 Å². The fourth-order valence-corrected chi connectivity index (χ4v) is 2.32. The van der Waals surface area contributed by atoms with Gasteiger partial charge >= 0.3 is 11.8 Å². The van der Waals surface area contributed by atoms with Crippen molar-refractivity contribution in [3.05, 3.63) is 42.0 Å². The minimum Gasteiger partial charge on any atom is -0.497 e. The summed E-state index contributed by atoms with van der Waals surface area (Å²) in [4.78, 5) is 24.1. The Bertz CT molecular complexity index is 882. The molecule has 148 valence electrons. The van der Waals surface area contributed by atoms with Crippen molar-refractivity contribution in [1.29, 1.82) is 0 Å². The van der Waals surface area contributed by atoms with Gasteiger partial charge in [-0.15, -0.1) is 0 Å². The van der Waals surface area contributed by atoms with Crippen molar-refractivity contribution in [2.45, 2.75) is 0 Å². The Kier molecular flexibility index (Phi) is 7.21. The zero-order valence-electron chi connectivity index (χ0n) is 15.9. The average Bonchev–Trinajstić information content (AvgIpc) is 2.73. The predicted octanol–water partition coefficient (Wildman–Crippen LogP) is 1.81. The van der Waals surface area contributed by atoms with Crippen LogP contribution in [0.25, 0.3) is 0 Å². The Labute approximate surface area is 162 Å². The van der Waals surface area contributed by atoms with E-state index in [-0.39, 0.29) is 0 Å². The monoisotopic (exact) mass is 387 g/mol. The molecule has 0 aliphatic carbocycles. The molecule has 0 spiro atoms. The summed E-state index contributed by atoms with van der Waals surface area (Å²) in [5.74, 6) is -0.0234. The van der Waals surface area contributed by atoms with Crippen LogP contribution in [-0.2, 0) is 9.59 Å². The quantitative estimate of drug-likeness (QED) is 0.426. The SMILES string of the molecule is COc1ccc(OC)c(NC(=O)C(=O)N/N=C\c2cccc(OC)c2OC)c1. The van der Waals surface area contributed by atoms with Gasteiger partial charge in [0.2, 0.25) is 0 Å². The number of amides is 2. The minimum atomic E-state index is -0.956. The van der Waals surface area contributed by atoms with Crippen molar-refractivity contribution in [3.8, 4) is 23.0 Å². The van der Waals surface area contributed by atoms with Crippen molar-refractivity contribution in [2.75, 3.05) is 33.8 Å². The number of nitrogens with one attached hydrogen (secondary N) is 2. The zero-order chi connectivity index (χ0) is 20.5. The third-order valence-electron chi connectivity index (χ3n) is 3.66. The van der Waals surface area contributed by atoms with E-state index in [1.165, 1.54) is 40.7 Å². The number of hydrazone groups is 1. The zero-order valence-corrected chi connectivity index (χ0v) is 15.9. The van der Waals surface area contributed by atoms with Crippen LogP contribution < -0.4 is 29.7 Å². The van der Waals surface area contributed by atoms with Gasteiger partial charge in [-0.1, -0.05) is 6.07 Å². The highest BCUT2D eigenvalue weighted by molar-refractivity contribution is 6.39. The first-order chi connectivity index (χ1) is 13.5. The summed E-state index contributed by atoms with van der Waals surface area (Å²) < 4.78 is 20.7. The van der Waals surface area contributed by atoms with Gasteiger partial charge in [-0.25, -0.2) is 5.43 Å². The summed E-state index contributed by atoms with van der Waals surface area (Å²) in [5, 5.41) is 6.24. The van der Waals surface area contributed by atoms with Gasteiger partial charge in [0, 0.05) is 11.6 Å². The van der Waals surface area contributed by atoms with Crippen LogP contribution in [0.2, 0.25) is 0 Å². The maximum absolute atomic E-state index is 12.1. The molecule has 0 bridgehead atoms. The lowest BCUT2D eigenvalue weighted by atomic mass is 10.2. The first-order valence-corrected chi connectivity index (χ1v) is 8.11. The molecule has 0 heterocycles. The van der Waals surface area contributed by atoms with Crippen LogP contribution in [0.3, 0.4) is 0 Å². The van der Waals surface area contributed by atoms with Crippen LogP contribution in [0.1, 0.15) is 5.56 Å². The largest absolute Gasteiger partial charge is 0.497 e. The van der Waals surface area contributed by atoms with E-state index in [1.807, 2.05) is 0 Å². The molecule has 2 rings (SSSR count). The maximum Gasteiger partial charge on any atom is 0.329 e. The van der Waals surface area contributed by atoms with Gasteiger partial charge in [0.25, 0.3) is 0 Å². The molecule has 0 unspecified atom stereocenters. The minimum absolute atomic E-state index is 0.292. The Balaban J connectivity index is 2.06. The number of anilines is 1. The normalized spacial score (nSPS) is 10.3. The molecule has 2 amide bonds. The average molecular weight is 387 g/mol. The van der Waals surface area contributed by atoms with Crippen molar-refractivity contribution in [2.24, 2.45) is 5.10 Å². The van der Waals surface area contributed by atoms with Crippen LogP contribution in [-0.4, -0.2) is 46.5 Å². The fourth-order valence-electron chi connectivity index (χ4n) is 2.32. The summed E-state index contributed by atoms with van der Waals surface area (Å²) in [6.45, 7) is 0. The summed E-state index contributed by atoms with van der Waals surface area (Å²) in [7, 11) is 5.94. The number of carbonyl (C=O) groups is 2. The second kappa shape index (κ2) is 9.81. The van der Waals surface area contributed by atoms with E-state index in [9.17, 15) is 9.59 Å². The fraction of sp³-hybridized carbons (Fsp3) is 0.211. The molecule has 0 atom stereocenters. The number of hydrogen-bond acceptors (Lipinski definition) is 7. The lowest BCUT2D eigenvalue weighted by molar-refractivity contribution is -0.136. The van der Waals surface area contributed by atoms with Gasteiger partial charge in [-0.2, -0.15) is 5.10 Å². The van der Waals surface area contributed by atoms with Crippen molar-refractivity contribution in [3.63, 3.8) is 0 Å². The molecular weight excluding hydrogens is 366 g/mol. The molecule has 2 aromatic rings. The van der Waals surface area contributed by atoms with Crippen molar-refractivity contribution in [1.82, 2.24) is 5.43 Å². The third kappa shape index (κ3) is 4.91. The third-order valence-corrected chi connectivity index (χ3v) is 3.66. The first kappa shape index (κ1) is 20.6. The second-order valence-electron chi connectivity index (χ2n) is 5.30. The second-order valence-corrected chi connectivity index (χ2v) is 5.30. The molecule has 0 aliphatic rings. The molecular formula is C19H21N3O6. The summed E-state index contributed by atoms with van der Waals surface area (Å²) >= 11 is 0. The molecule has 28 heavy (non-hydrogen) atoms. The van der Waals surface area contributed by atoms with Gasteiger partial charge in [0.15, 0.2) is 11.5 Å². The molecule has 0 saturated carbocycles. The van der Waals surface area contributed by atoms with E-state index in [0.29, 0.717) is 34.2 Å². The number of rotatable bonds is 7. The van der Waals surface area contributed by atoms with Crippen LogP contribution in [0, 0.1) is 0 Å². The summed E-state index contributed by atoms with van der Waals surface area (Å²) in [6, 6.07) is 10.0. The Hall–Kier alpha value is -3.75. The molecule has 0 aliphatic heterocycles. The molecule has 9 heteroatoms. The summed E-state index contributed by atoms with van der Waals surface area (Å²) in [6.07, 6.45) is 1.35. The Morgan fingerprint density at radius 3 is 2.29 bits per heavy atom. The molecule has 0 radical (unpaired) electrons. The smallest absolute Gasteiger partial charge is 0.329 e. The van der Waals surface area contributed by atoms with Crippen LogP contribution in [0.4, 0.5) is 5.69 Å². The van der Waals surface area contributed by atoms with Crippen LogP contribution >= 0.6 is 0 Å². The van der Waals surface area contributed by atoms with Gasteiger partial charge in [-0.3, -0.25) is 9.59 Å². The number of ether oxygens (including phenoxy) is 4. The molecule has 0 aromatic heterocycles. The first-order valence-electron chi connectivity index (χ1n) is 8.11. The maximum atomic E-state index is 12.1. The van der Waals surface area contributed by atoms with E-state index in [1.54, 1.807) is 30.3 Å².